The van der Waals surface area contributed by atoms with Gasteiger partial charge in [0.1, 0.15) is 0 Å². The predicted molar refractivity (Wildman–Crippen MR) is 111 cm³/mol. The highest BCUT2D eigenvalue weighted by molar-refractivity contribution is 6.38. The molecule has 2 amide bonds. The van der Waals surface area contributed by atoms with Gasteiger partial charge in [0.15, 0.2) is 11.5 Å². The van der Waals surface area contributed by atoms with E-state index in [0.717, 1.165) is 0 Å². The zero-order valence-corrected chi connectivity index (χ0v) is 17.7. The number of amides is 2. The first-order valence-electron chi connectivity index (χ1n) is 8.94. The number of halogens is 4. The van der Waals surface area contributed by atoms with Gasteiger partial charge in [-0.15, -0.1) is 0 Å². The fourth-order valence-electron chi connectivity index (χ4n) is 2.61. The van der Waals surface area contributed by atoms with Crippen molar-refractivity contribution in [2.75, 3.05) is 12.4 Å². The number of ether oxygens (including phenoxy) is 2. The van der Waals surface area contributed by atoms with Crippen LogP contribution in [0.5, 0.6) is 11.5 Å². The van der Waals surface area contributed by atoms with Crippen LogP contribution in [0.25, 0.3) is 0 Å². The van der Waals surface area contributed by atoms with Gasteiger partial charge in [-0.25, -0.2) is 0 Å². The minimum absolute atomic E-state index is 0.00506. The summed E-state index contributed by atoms with van der Waals surface area (Å²) in [5.74, 6) is -0.872. The Kier molecular flexibility index (Phi) is 8.68. The van der Waals surface area contributed by atoms with E-state index in [4.69, 9.17) is 27.9 Å². The molecular weight excluding hydrogens is 441 g/mol. The van der Waals surface area contributed by atoms with E-state index in [1.807, 2.05) is 6.92 Å². The predicted octanol–water partition coefficient (Wildman–Crippen LogP) is 5.27. The van der Waals surface area contributed by atoms with E-state index in [0.29, 0.717) is 12.0 Å². The van der Waals surface area contributed by atoms with Crippen LogP contribution in [0.15, 0.2) is 30.3 Å². The Labute approximate surface area is 182 Å². The number of hydrogen-bond acceptors (Lipinski definition) is 4. The fraction of sp³-hybridized carbons (Fsp3) is 0.300. The molecule has 6 nitrogen and oxygen atoms in total. The van der Waals surface area contributed by atoms with E-state index in [-0.39, 0.29) is 51.7 Å². The first-order valence-corrected chi connectivity index (χ1v) is 9.69. The molecule has 0 unspecified atom stereocenters. The van der Waals surface area contributed by atoms with Gasteiger partial charge in [-0.3, -0.25) is 9.59 Å². The molecule has 0 saturated carbocycles. The monoisotopic (exact) mass is 460 g/mol. The Hall–Kier alpha value is -2.58. The lowest BCUT2D eigenvalue weighted by Gasteiger charge is -2.15. The van der Waals surface area contributed by atoms with Crippen molar-refractivity contribution in [3.8, 4) is 11.5 Å². The standard InChI is InChI=1S/C20H20Cl2F2N2O4/c1-3-4-17(27)26-18-13(8-12(21)9-14(18)22)19(28)25-10-11-5-6-15(29-2)16(7-11)30-20(23)24/h5-9,20H,3-4,10H2,1-2H3,(H,25,28)(H,26,27). The molecule has 2 aromatic carbocycles. The molecule has 30 heavy (non-hydrogen) atoms. The number of alkyl halides is 2. The van der Waals surface area contributed by atoms with Gasteiger partial charge in [0, 0.05) is 18.0 Å². The summed E-state index contributed by atoms with van der Waals surface area (Å²) in [6.45, 7) is -1.18. The van der Waals surface area contributed by atoms with Gasteiger partial charge in [0.25, 0.3) is 5.91 Å². The minimum Gasteiger partial charge on any atom is -0.493 e. The number of rotatable bonds is 9. The van der Waals surface area contributed by atoms with Crippen molar-refractivity contribution >= 4 is 40.7 Å². The Morgan fingerprint density at radius 2 is 1.87 bits per heavy atom. The molecule has 0 aromatic heterocycles. The van der Waals surface area contributed by atoms with Gasteiger partial charge < -0.3 is 20.1 Å². The van der Waals surface area contributed by atoms with Crippen LogP contribution in [0.3, 0.4) is 0 Å². The van der Waals surface area contributed by atoms with Crippen molar-refractivity contribution in [3.63, 3.8) is 0 Å². The van der Waals surface area contributed by atoms with Gasteiger partial charge in [-0.05, 0) is 36.2 Å². The van der Waals surface area contributed by atoms with Crippen LogP contribution < -0.4 is 20.1 Å². The largest absolute Gasteiger partial charge is 0.493 e. The van der Waals surface area contributed by atoms with Crippen LogP contribution >= 0.6 is 23.2 Å². The first-order chi connectivity index (χ1) is 14.2. The molecule has 0 saturated heterocycles. The van der Waals surface area contributed by atoms with Crippen molar-refractivity contribution in [3.05, 3.63) is 51.5 Å². The van der Waals surface area contributed by atoms with Crippen molar-refractivity contribution in [1.82, 2.24) is 5.32 Å². The molecule has 2 rings (SSSR count). The second kappa shape index (κ2) is 11.0. The van der Waals surface area contributed by atoms with E-state index in [1.165, 1.54) is 31.4 Å². The van der Waals surface area contributed by atoms with E-state index < -0.39 is 12.5 Å². The molecule has 0 radical (unpaired) electrons. The summed E-state index contributed by atoms with van der Waals surface area (Å²) in [6.07, 6.45) is 0.887. The SMILES string of the molecule is CCCC(=O)Nc1c(Cl)cc(Cl)cc1C(=O)NCc1ccc(OC)c(OC(F)F)c1. The fourth-order valence-corrected chi connectivity index (χ4v) is 3.15. The number of hydrogen-bond donors (Lipinski definition) is 2. The molecule has 0 aliphatic heterocycles. The molecule has 0 aliphatic carbocycles. The summed E-state index contributed by atoms with van der Waals surface area (Å²) in [4.78, 5) is 24.7. The van der Waals surface area contributed by atoms with Crippen LogP contribution in [0.4, 0.5) is 14.5 Å². The highest BCUT2D eigenvalue weighted by atomic mass is 35.5. The maximum absolute atomic E-state index is 12.7. The highest BCUT2D eigenvalue weighted by Gasteiger charge is 2.18. The summed E-state index contributed by atoms with van der Waals surface area (Å²) < 4.78 is 34.6. The van der Waals surface area contributed by atoms with Crippen molar-refractivity contribution in [1.29, 1.82) is 0 Å². The molecule has 10 heteroatoms. The Morgan fingerprint density at radius 3 is 2.50 bits per heavy atom. The number of carbonyl (C=O) groups excluding carboxylic acids is 2. The maximum Gasteiger partial charge on any atom is 0.387 e. The quantitative estimate of drug-likeness (QED) is 0.534. The summed E-state index contributed by atoms with van der Waals surface area (Å²) in [6, 6.07) is 7.17. The number of benzene rings is 2. The number of nitrogens with one attached hydrogen (secondary N) is 2. The minimum atomic E-state index is -3.02. The van der Waals surface area contributed by atoms with E-state index in [2.05, 4.69) is 15.4 Å². The lowest BCUT2D eigenvalue weighted by molar-refractivity contribution is -0.116. The lowest BCUT2D eigenvalue weighted by Crippen LogP contribution is -2.25. The van der Waals surface area contributed by atoms with Crippen LogP contribution in [-0.4, -0.2) is 25.5 Å². The number of anilines is 1. The van der Waals surface area contributed by atoms with Crippen LogP contribution in [0, 0.1) is 0 Å². The molecule has 0 aliphatic rings. The molecule has 0 heterocycles. The van der Waals surface area contributed by atoms with Gasteiger partial charge in [-0.2, -0.15) is 8.78 Å². The normalized spacial score (nSPS) is 10.6. The smallest absolute Gasteiger partial charge is 0.387 e. The van der Waals surface area contributed by atoms with Crippen molar-refractivity contribution in [2.45, 2.75) is 32.9 Å². The average molecular weight is 461 g/mol. The summed E-state index contributed by atoms with van der Waals surface area (Å²) in [7, 11) is 1.33. The van der Waals surface area contributed by atoms with Crippen molar-refractivity contribution < 1.29 is 27.8 Å². The Morgan fingerprint density at radius 1 is 1.13 bits per heavy atom. The molecular formula is C20H20Cl2F2N2O4. The zero-order valence-electron chi connectivity index (χ0n) is 16.2. The highest BCUT2D eigenvalue weighted by Crippen LogP contribution is 2.31. The Balaban J connectivity index is 2.21. The topological polar surface area (TPSA) is 76.7 Å². The molecule has 0 bridgehead atoms. The van der Waals surface area contributed by atoms with Crippen LogP contribution in [-0.2, 0) is 11.3 Å². The van der Waals surface area contributed by atoms with Gasteiger partial charge in [0.05, 0.1) is 23.4 Å². The summed E-state index contributed by atoms with van der Waals surface area (Å²) >= 11 is 12.2. The second-order valence-electron chi connectivity index (χ2n) is 6.15. The first kappa shape index (κ1) is 23.7. The third-order valence-corrected chi connectivity index (χ3v) is 4.45. The van der Waals surface area contributed by atoms with Crippen molar-refractivity contribution in [2.24, 2.45) is 0 Å². The second-order valence-corrected chi connectivity index (χ2v) is 7.00. The number of carbonyl (C=O) groups is 2. The maximum atomic E-state index is 12.7. The summed E-state index contributed by atoms with van der Waals surface area (Å²) in [5, 5.41) is 5.60. The van der Waals surface area contributed by atoms with Gasteiger partial charge in [0.2, 0.25) is 5.91 Å². The zero-order chi connectivity index (χ0) is 22.3. The van der Waals surface area contributed by atoms with E-state index in [9.17, 15) is 18.4 Å². The molecule has 2 aromatic rings. The van der Waals surface area contributed by atoms with E-state index >= 15 is 0 Å². The average Bonchev–Trinajstić information content (AvgIpc) is 2.68. The third kappa shape index (κ3) is 6.47. The lowest BCUT2D eigenvalue weighted by atomic mass is 10.1. The molecule has 0 fully saturated rings. The number of methoxy groups -OCH3 is 1. The van der Waals surface area contributed by atoms with Gasteiger partial charge in [-0.1, -0.05) is 36.2 Å². The molecule has 0 atom stereocenters. The van der Waals surface area contributed by atoms with Crippen LogP contribution in [0.2, 0.25) is 10.0 Å². The molecule has 2 N–H and O–H groups in total. The third-order valence-electron chi connectivity index (χ3n) is 3.94. The molecule has 0 spiro atoms. The van der Waals surface area contributed by atoms with Gasteiger partial charge >= 0.3 is 6.61 Å². The van der Waals surface area contributed by atoms with E-state index in [1.54, 1.807) is 6.07 Å². The molecule has 162 valence electrons. The summed E-state index contributed by atoms with van der Waals surface area (Å²) in [5.41, 5.74) is 0.715. The van der Waals surface area contributed by atoms with Crippen LogP contribution in [0.1, 0.15) is 35.7 Å². The Bertz CT molecular complexity index is 926.